The number of rotatable bonds is 4. The zero-order valence-corrected chi connectivity index (χ0v) is 12.1. The van der Waals surface area contributed by atoms with Gasteiger partial charge < -0.3 is 10.1 Å². The Labute approximate surface area is 128 Å². The minimum absolute atomic E-state index is 0.172. The second-order valence-electron chi connectivity index (χ2n) is 4.76. The average Bonchev–Trinajstić information content (AvgIpc) is 2.59. The number of ether oxygens (including phenoxy) is 1. The lowest BCUT2D eigenvalue weighted by Gasteiger charge is -2.07. The van der Waals surface area contributed by atoms with Crippen molar-refractivity contribution in [2.45, 2.75) is 6.54 Å². The second kappa shape index (κ2) is 6.22. The number of carbonyl (C=O) groups is 1. The van der Waals surface area contributed by atoms with Gasteiger partial charge in [0.2, 0.25) is 0 Å². The first-order chi connectivity index (χ1) is 10.8. The number of aromatic nitrogens is 2. The molecule has 0 saturated heterocycles. The van der Waals surface area contributed by atoms with Gasteiger partial charge in [0, 0.05) is 5.56 Å². The SMILES string of the molecule is COc1cccc(C(=O)NCc2cnc3ccccc3n2)c1. The van der Waals surface area contributed by atoms with Crippen molar-refractivity contribution < 1.29 is 9.53 Å². The van der Waals surface area contributed by atoms with Crippen molar-refractivity contribution in [1.29, 1.82) is 0 Å². The summed E-state index contributed by atoms with van der Waals surface area (Å²) < 4.78 is 5.11. The van der Waals surface area contributed by atoms with Crippen LogP contribution in [0.5, 0.6) is 5.75 Å². The van der Waals surface area contributed by atoms with Gasteiger partial charge in [-0.3, -0.25) is 9.78 Å². The zero-order valence-electron chi connectivity index (χ0n) is 12.1. The smallest absolute Gasteiger partial charge is 0.251 e. The fraction of sp³-hybridized carbons (Fsp3) is 0.118. The number of methoxy groups -OCH3 is 1. The molecule has 0 bridgehead atoms. The number of hydrogen-bond acceptors (Lipinski definition) is 4. The molecule has 0 aliphatic heterocycles. The Bertz CT molecular complexity index is 818. The molecular formula is C17H15N3O2. The lowest BCUT2D eigenvalue weighted by molar-refractivity contribution is 0.0950. The van der Waals surface area contributed by atoms with Crippen molar-refractivity contribution in [3.63, 3.8) is 0 Å². The number of para-hydroxylation sites is 2. The van der Waals surface area contributed by atoms with Gasteiger partial charge in [-0.2, -0.15) is 0 Å². The van der Waals surface area contributed by atoms with Gasteiger partial charge in [-0.25, -0.2) is 4.98 Å². The van der Waals surface area contributed by atoms with Crippen molar-refractivity contribution in [3.05, 3.63) is 66.0 Å². The molecule has 5 heteroatoms. The highest BCUT2D eigenvalue weighted by Crippen LogP contribution is 2.13. The first-order valence-corrected chi connectivity index (χ1v) is 6.89. The maximum atomic E-state index is 12.1. The Morgan fingerprint density at radius 3 is 2.77 bits per heavy atom. The quantitative estimate of drug-likeness (QED) is 0.803. The van der Waals surface area contributed by atoms with Crippen LogP contribution < -0.4 is 10.1 Å². The van der Waals surface area contributed by atoms with Crippen molar-refractivity contribution in [1.82, 2.24) is 15.3 Å². The number of fused-ring (bicyclic) bond motifs is 1. The molecule has 1 amide bonds. The molecule has 1 N–H and O–H groups in total. The molecule has 0 atom stereocenters. The van der Waals surface area contributed by atoms with Crippen LogP contribution in [-0.4, -0.2) is 23.0 Å². The van der Waals surface area contributed by atoms with E-state index in [2.05, 4.69) is 15.3 Å². The minimum Gasteiger partial charge on any atom is -0.497 e. The Morgan fingerprint density at radius 1 is 1.14 bits per heavy atom. The van der Waals surface area contributed by atoms with E-state index in [9.17, 15) is 4.79 Å². The summed E-state index contributed by atoms with van der Waals surface area (Å²) in [5, 5.41) is 2.83. The molecule has 2 aromatic carbocycles. The fourth-order valence-corrected chi connectivity index (χ4v) is 2.12. The summed E-state index contributed by atoms with van der Waals surface area (Å²) in [5.41, 5.74) is 2.92. The number of hydrogen-bond donors (Lipinski definition) is 1. The van der Waals surface area contributed by atoms with Crippen LogP contribution >= 0.6 is 0 Å². The third kappa shape index (κ3) is 3.03. The van der Waals surface area contributed by atoms with Crippen LogP contribution in [0.3, 0.4) is 0 Å². The lowest BCUT2D eigenvalue weighted by Crippen LogP contribution is -2.23. The number of carbonyl (C=O) groups excluding carboxylic acids is 1. The number of benzene rings is 2. The highest BCUT2D eigenvalue weighted by Gasteiger charge is 2.07. The maximum Gasteiger partial charge on any atom is 0.251 e. The van der Waals surface area contributed by atoms with Crippen molar-refractivity contribution in [3.8, 4) is 5.75 Å². The zero-order chi connectivity index (χ0) is 15.4. The molecule has 5 nitrogen and oxygen atoms in total. The van der Waals surface area contributed by atoms with Crippen molar-refractivity contribution in [2.75, 3.05) is 7.11 Å². The summed E-state index contributed by atoms with van der Waals surface area (Å²) in [4.78, 5) is 20.9. The van der Waals surface area contributed by atoms with E-state index in [1.165, 1.54) is 0 Å². The topological polar surface area (TPSA) is 64.1 Å². The third-order valence-electron chi connectivity index (χ3n) is 3.26. The predicted octanol–water partition coefficient (Wildman–Crippen LogP) is 2.57. The molecular weight excluding hydrogens is 278 g/mol. The van der Waals surface area contributed by atoms with Crippen molar-refractivity contribution in [2.24, 2.45) is 0 Å². The van der Waals surface area contributed by atoms with Gasteiger partial charge in [-0.15, -0.1) is 0 Å². The first kappa shape index (κ1) is 14.0. The van der Waals surface area contributed by atoms with E-state index in [0.29, 0.717) is 17.9 Å². The molecule has 1 heterocycles. The van der Waals surface area contributed by atoms with Crippen LogP contribution in [-0.2, 0) is 6.54 Å². The van der Waals surface area contributed by atoms with Crippen LogP contribution in [0.2, 0.25) is 0 Å². The van der Waals surface area contributed by atoms with Gasteiger partial charge in [-0.05, 0) is 30.3 Å². The van der Waals surface area contributed by atoms with E-state index >= 15 is 0 Å². The normalized spacial score (nSPS) is 10.4. The summed E-state index contributed by atoms with van der Waals surface area (Å²) in [7, 11) is 1.57. The van der Waals surface area contributed by atoms with E-state index in [4.69, 9.17) is 4.74 Å². The Kier molecular flexibility index (Phi) is 3.96. The first-order valence-electron chi connectivity index (χ1n) is 6.89. The molecule has 0 spiro atoms. The van der Waals surface area contributed by atoms with E-state index < -0.39 is 0 Å². The van der Waals surface area contributed by atoms with E-state index in [-0.39, 0.29) is 5.91 Å². The summed E-state index contributed by atoms with van der Waals surface area (Å²) in [6.45, 7) is 0.327. The van der Waals surface area contributed by atoms with Gasteiger partial charge in [0.1, 0.15) is 5.75 Å². The van der Waals surface area contributed by atoms with Gasteiger partial charge in [0.25, 0.3) is 5.91 Å². The summed E-state index contributed by atoms with van der Waals surface area (Å²) in [6.07, 6.45) is 1.67. The standard InChI is InChI=1S/C17H15N3O2/c1-22-14-6-4-5-12(9-14)17(21)19-11-13-10-18-15-7-2-3-8-16(15)20-13/h2-10H,11H2,1H3,(H,19,21). The molecule has 0 aliphatic carbocycles. The van der Waals surface area contributed by atoms with Gasteiger partial charge in [0.15, 0.2) is 0 Å². The number of nitrogens with one attached hydrogen (secondary N) is 1. The molecule has 1 aromatic heterocycles. The van der Waals surface area contributed by atoms with Gasteiger partial charge in [0.05, 0.1) is 36.6 Å². The van der Waals surface area contributed by atoms with Crippen LogP contribution in [0.4, 0.5) is 0 Å². The molecule has 0 unspecified atom stereocenters. The predicted molar refractivity (Wildman–Crippen MR) is 83.7 cm³/mol. The molecule has 0 radical (unpaired) electrons. The van der Waals surface area contributed by atoms with Crippen LogP contribution in [0.15, 0.2) is 54.7 Å². The van der Waals surface area contributed by atoms with Gasteiger partial charge >= 0.3 is 0 Å². The number of amides is 1. The molecule has 0 fully saturated rings. The van der Waals surface area contributed by atoms with Crippen LogP contribution in [0.1, 0.15) is 16.1 Å². The monoisotopic (exact) mass is 293 g/mol. The fourth-order valence-electron chi connectivity index (χ4n) is 2.12. The van der Waals surface area contributed by atoms with E-state index in [0.717, 1.165) is 16.7 Å². The summed E-state index contributed by atoms with van der Waals surface area (Å²) in [5.74, 6) is 0.479. The molecule has 110 valence electrons. The summed E-state index contributed by atoms with van der Waals surface area (Å²) in [6, 6.07) is 14.6. The molecule has 3 rings (SSSR count). The minimum atomic E-state index is -0.172. The molecule has 3 aromatic rings. The Hall–Kier alpha value is -2.95. The van der Waals surface area contributed by atoms with E-state index in [1.807, 2.05) is 24.3 Å². The molecule has 22 heavy (non-hydrogen) atoms. The van der Waals surface area contributed by atoms with Crippen LogP contribution in [0, 0.1) is 0 Å². The largest absolute Gasteiger partial charge is 0.497 e. The lowest BCUT2D eigenvalue weighted by atomic mass is 10.2. The average molecular weight is 293 g/mol. The van der Waals surface area contributed by atoms with Crippen LogP contribution in [0.25, 0.3) is 11.0 Å². The molecule has 0 saturated carbocycles. The van der Waals surface area contributed by atoms with Gasteiger partial charge in [-0.1, -0.05) is 18.2 Å². The highest BCUT2D eigenvalue weighted by atomic mass is 16.5. The third-order valence-corrected chi connectivity index (χ3v) is 3.26. The maximum absolute atomic E-state index is 12.1. The van der Waals surface area contributed by atoms with E-state index in [1.54, 1.807) is 37.6 Å². The van der Waals surface area contributed by atoms with Crippen molar-refractivity contribution >= 4 is 16.9 Å². The second-order valence-corrected chi connectivity index (χ2v) is 4.76. The number of nitrogens with zero attached hydrogens (tertiary/aromatic N) is 2. The Balaban J connectivity index is 1.71. The highest BCUT2D eigenvalue weighted by molar-refractivity contribution is 5.94. The Morgan fingerprint density at radius 2 is 1.95 bits per heavy atom. The summed E-state index contributed by atoms with van der Waals surface area (Å²) >= 11 is 0. The molecule has 0 aliphatic rings.